The van der Waals surface area contributed by atoms with Gasteiger partial charge in [0.15, 0.2) is 0 Å². The lowest BCUT2D eigenvalue weighted by atomic mass is 10.4. The van der Waals surface area contributed by atoms with Gasteiger partial charge in [-0.05, 0) is 30.6 Å². The van der Waals surface area contributed by atoms with E-state index in [9.17, 15) is 0 Å². The summed E-state index contributed by atoms with van der Waals surface area (Å²) < 4.78 is 3.51. The Kier molecular flexibility index (Phi) is 3.65. The van der Waals surface area contributed by atoms with Gasteiger partial charge in [-0.25, -0.2) is 0 Å². The third-order valence-electron chi connectivity index (χ3n) is 4.92. The zero-order chi connectivity index (χ0) is 11.0. The maximum absolute atomic E-state index is 2.85. The van der Waals surface area contributed by atoms with Gasteiger partial charge >= 0.3 is 0 Å². The summed E-state index contributed by atoms with van der Waals surface area (Å²) in [7, 11) is -1.71. The Morgan fingerprint density at radius 1 is 1.07 bits per heavy atom. The predicted octanol–water partition coefficient (Wildman–Crippen LogP) is 3.09. The second-order valence-corrected chi connectivity index (χ2v) is 15.5. The molecule has 0 spiro atoms. The van der Waals surface area contributed by atoms with Crippen LogP contribution < -0.4 is 0 Å². The number of hydrogen-bond acceptors (Lipinski definition) is 1. The lowest BCUT2D eigenvalue weighted by Gasteiger charge is -2.48. The second-order valence-electron chi connectivity index (χ2n) is 6.13. The van der Waals surface area contributed by atoms with E-state index in [-0.39, 0.29) is 0 Å². The molecule has 0 aromatic carbocycles. The summed E-state index contributed by atoms with van der Waals surface area (Å²) in [6.45, 7) is 18.0. The Hall–Kier alpha value is 0.394. The molecule has 3 heteroatoms. The van der Waals surface area contributed by atoms with Gasteiger partial charge in [-0.1, -0.05) is 40.0 Å². The highest BCUT2D eigenvalue weighted by atomic mass is 28.4. The molecule has 0 atom stereocenters. The van der Waals surface area contributed by atoms with Crippen molar-refractivity contribution in [1.82, 2.24) is 4.57 Å². The van der Waals surface area contributed by atoms with Crippen LogP contribution in [0.15, 0.2) is 0 Å². The van der Waals surface area contributed by atoms with E-state index in [1.54, 1.807) is 0 Å². The molecule has 1 saturated heterocycles. The lowest BCUT2D eigenvalue weighted by molar-refractivity contribution is 0.498. The first kappa shape index (κ1) is 12.5. The standard InChI is InChI=1S/C11H27NSi2/c1-11(2,13(3)4)14(5,6)12-9-7-8-10-12/h13H,7-10H2,1-6H3. The van der Waals surface area contributed by atoms with Crippen molar-refractivity contribution in [2.24, 2.45) is 0 Å². The summed E-state index contributed by atoms with van der Waals surface area (Å²) >= 11 is 0. The molecule has 84 valence electrons. The zero-order valence-corrected chi connectivity index (χ0v) is 13.0. The molecule has 0 unspecified atom stereocenters. The van der Waals surface area contributed by atoms with Crippen LogP contribution in [0.25, 0.3) is 0 Å². The summed E-state index contributed by atoms with van der Waals surface area (Å²) in [5, 5.41) is 0. The molecule has 0 N–H and O–H groups in total. The SMILES string of the molecule is C[SiH](C)C(C)(C)[Si](C)(C)N1CCCC1. The molecule has 1 aliphatic heterocycles. The average molecular weight is 230 g/mol. The lowest BCUT2D eigenvalue weighted by Crippen LogP contribution is -2.58. The fraction of sp³-hybridized carbons (Fsp3) is 1.00. The third-order valence-corrected chi connectivity index (χ3v) is 16.8. The Labute approximate surface area is 92.6 Å². The van der Waals surface area contributed by atoms with E-state index in [1.165, 1.54) is 25.9 Å². The van der Waals surface area contributed by atoms with Crippen LogP contribution in [-0.2, 0) is 0 Å². The molecule has 1 rings (SSSR count). The summed E-state index contributed by atoms with van der Waals surface area (Å²) in [4.78, 5) is 0. The maximum atomic E-state index is 2.85. The summed E-state index contributed by atoms with van der Waals surface area (Å²) in [5.74, 6) is 0. The van der Waals surface area contributed by atoms with Crippen molar-refractivity contribution in [2.75, 3.05) is 13.1 Å². The minimum Gasteiger partial charge on any atom is -0.323 e. The maximum Gasteiger partial charge on any atom is 0.124 e. The van der Waals surface area contributed by atoms with Crippen molar-refractivity contribution >= 4 is 17.0 Å². The third kappa shape index (κ3) is 2.00. The molecular weight excluding hydrogens is 202 g/mol. The van der Waals surface area contributed by atoms with E-state index in [2.05, 4.69) is 44.6 Å². The molecule has 0 aromatic heterocycles. The zero-order valence-electron chi connectivity index (χ0n) is 10.9. The van der Waals surface area contributed by atoms with Gasteiger partial charge in [0.05, 0.1) is 0 Å². The van der Waals surface area contributed by atoms with Crippen LogP contribution in [0.3, 0.4) is 0 Å². The fourth-order valence-corrected chi connectivity index (χ4v) is 10.8. The van der Waals surface area contributed by atoms with Crippen LogP contribution in [0.1, 0.15) is 26.7 Å². The van der Waals surface area contributed by atoms with Crippen LogP contribution in [0.4, 0.5) is 0 Å². The van der Waals surface area contributed by atoms with E-state index in [1.807, 2.05) is 0 Å². The first-order chi connectivity index (χ1) is 6.30. The molecule has 0 amide bonds. The first-order valence-electron chi connectivity index (χ1n) is 6.05. The molecule has 1 aliphatic rings. The van der Waals surface area contributed by atoms with Gasteiger partial charge in [0.2, 0.25) is 0 Å². The van der Waals surface area contributed by atoms with Gasteiger partial charge in [-0.2, -0.15) is 0 Å². The largest absolute Gasteiger partial charge is 0.323 e. The minimum absolute atomic E-state index is 0.541. The van der Waals surface area contributed by atoms with Gasteiger partial charge in [0.1, 0.15) is 8.24 Å². The molecular formula is C11H27NSi2. The van der Waals surface area contributed by atoms with E-state index in [0.29, 0.717) is 4.66 Å². The average Bonchev–Trinajstić information content (AvgIpc) is 2.55. The Balaban J connectivity index is 2.81. The molecule has 0 aliphatic carbocycles. The number of rotatable bonds is 3. The number of nitrogens with zero attached hydrogens (tertiary/aromatic N) is 1. The van der Waals surface area contributed by atoms with Crippen LogP contribution in [0.2, 0.25) is 30.8 Å². The van der Waals surface area contributed by atoms with Crippen LogP contribution >= 0.6 is 0 Å². The van der Waals surface area contributed by atoms with Crippen molar-refractivity contribution in [3.8, 4) is 0 Å². The molecule has 1 fully saturated rings. The van der Waals surface area contributed by atoms with Crippen LogP contribution in [0.5, 0.6) is 0 Å². The van der Waals surface area contributed by atoms with E-state index < -0.39 is 17.0 Å². The van der Waals surface area contributed by atoms with Gasteiger partial charge in [-0.3, -0.25) is 0 Å². The van der Waals surface area contributed by atoms with Crippen molar-refractivity contribution in [3.05, 3.63) is 0 Å². The highest BCUT2D eigenvalue weighted by molar-refractivity contribution is 6.90. The smallest absolute Gasteiger partial charge is 0.124 e. The van der Waals surface area contributed by atoms with Gasteiger partial charge in [0, 0.05) is 8.80 Å². The van der Waals surface area contributed by atoms with E-state index in [4.69, 9.17) is 0 Å². The quantitative estimate of drug-likeness (QED) is 0.672. The van der Waals surface area contributed by atoms with Gasteiger partial charge in [-0.15, -0.1) is 0 Å². The van der Waals surface area contributed by atoms with Gasteiger partial charge < -0.3 is 4.57 Å². The van der Waals surface area contributed by atoms with E-state index >= 15 is 0 Å². The normalized spacial score (nSPS) is 20.8. The molecule has 0 aromatic rings. The first-order valence-corrected chi connectivity index (χ1v) is 11.9. The Morgan fingerprint density at radius 3 is 1.86 bits per heavy atom. The fourth-order valence-electron chi connectivity index (χ4n) is 2.39. The van der Waals surface area contributed by atoms with Crippen molar-refractivity contribution in [2.45, 2.75) is 57.5 Å². The van der Waals surface area contributed by atoms with Crippen LogP contribution in [0, 0.1) is 0 Å². The van der Waals surface area contributed by atoms with Crippen molar-refractivity contribution in [1.29, 1.82) is 0 Å². The molecule has 0 saturated carbocycles. The van der Waals surface area contributed by atoms with Crippen molar-refractivity contribution in [3.63, 3.8) is 0 Å². The second kappa shape index (κ2) is 4.10. The molecule has 14 heavy (non-hydrogen) atoms. The Morgan fingerprint density at radius 2 is 1.50 bits per heavy atom. The molecule has 0 bridgehead atoms. The minimum atomic E-state index is -1.17. The topological polar surface area (TPSA) is 3.24 Å². The molecule has 0 radical (unpaired) electrons. The summed E-state index contributed by atoms with van der Waals surface area (Å²) in [6, 6.07) is 0. The van der Waals surface area contributed by atoms with Crippen LogP contribution in [-0.4, -0.2) is 34.7 Å². The highest BCUT2D eigenvalue weighted by Gasteiger charge is 2.46. The summed E-state index contributed by atoms with van der Waals surface area (Å²) in [5.41, 5.74) is 0. The molecule has 1 nitrogen and oxygen atoms in total. The monoisotopic (exact) mass is 229 g/mol. The van der Waals surface area contributed by atoms with Crippen molar-refractivity contribution < 1.29 is 0 Å². The van der Waals surface area contributed by atoms with E-state index in [0.717, 1.165) is 0 Å². The molecule has 1 heterocycles. The van der Waals surface area contributed by atoms with Gasteiger partial charge in [0.25, 0.3) is 0 Å². The highest BCUT2D eigenvalue weighted by Crippen LogP contribution is 2.42. The number of hydrogen-bond donors (Lipinski definition) is 0. The summed E-state index contributed by atoms with van der Waals surface area (Å²) in [6.07, 6.45) is 2.87. The Bertz CT molecular complexity index is 193. The predicted molar refractivity (Wildman–Crippen MR) is 71.2 cm³/mol.